The molecule has 4 rings (SSSR count). The minimum absolute atomic E-state index is 0.586. The summed E-state index contributed by atoms with van der Waals surface area (Å²) in [5, 5.41) is 3.96. The first-order valence-electron chi connectivity index (χ1n) is 10.6. The lowest BCUT2D eigenvalue weighted by molar-refractivity contribution is 0.400. The van der Waals surface area contributed by atoms with Crippen molar-refractivity contribution in [3.8, 4) is 17.0 Å². The molecule has 0 spiro atoms. The lowest BCUT2D eigenvalue weighted by Gasteiger charge is -2.14. The number of para-hydroxylation sites is 2. The van der Waals surface area contributed by atoms with Gasteiger partial charge in [-0.25, -0.2) is 9.97 Å². The third kappa shape index (κ3) is 5.18. The summed E-state index contributed by atoms with van der Waals surface area (Å²) < 4.78 is 5.36. The van der Waals surface area contributed by atoms with Crippen molar-refractivity contribution < 1.29 is 4.74 Å². The molecule has 3 aromatic carbocycles. The monoisotopic (exact) mass is 446 g/mol. The van der Waals surface area contributed by atoms with Crippen molar-refractivity contribution in [3.05, 3.63) is 77.3 Å². The lowest BCUT2D eigenvalue weighted by atomic mass is 10.0. The molecule has 1 heterocycles. The second-order valence-corrected chi connectivity index (χ2v) is 8.39. The molecule has 4 aromatic rings. The summed E-state index contributed by atoms with van der Waals surface area (Å²) in [6.45, 7) is 1.08. The van der Waals surface area contributed by atoms with E-state index in [1.807, 2.05) is 36.4 Å². The predicted molar refractivity (Wildman–Crippen MR) is 133 cm³/mol. The summed E-state index contributed by atoms with van der Waals surface area (Å²) in [6.07, 6.45) is 2.18. The molecule has 1 N–H and O–H groups in total. The summed E-state index contributed by atoms with van der Waals surface area (Å²) in [5.41, 5.74) is 5.48. The van der Waals surface area contributed by atoms with Crippen molar-refractivity contribution >= 4 is 34.1 Å². The number of rotatable bonds is 8. The predicted octanol–water partition coefficient (Wildman–Crippen LogP) is 6.20. The van der Waals surface area contributed by atoms with Crippen LogP contribution in [0.1, 0.15) is 12.0 Å². The smallest absolute Gasteiger partial charge is 0.157 e. The van der Waals surface area contributed by atoms with Gasteiger partial charge in [-0.15, -0.1) is 0 Å². The van der Waals surface area contributed by atoms with Gasteiger partial charge in [0.05, 0.1) is 28.9 Å². The molecule has 0 saturated carbocycles. The van der Waals surface area contributed by atoms with Crippen molar-refractivity contribution in [2.45, 2.75) is 12.8 Å². The van der Waals surface area contributed by atoms with E-state index in [1.54, 1.807) is 13.2 Å². The first-order valence-corrected chi connectivity index (χ1v) is 11.0. The second-order valence-electron chi connectivity index (χ2n) is 7.98. The number of halogens is 1. The average Bonchev–Trinajstić information content (AvgIpc) is 2.80. The zero-order valence-electron chi connectivity index (χ0n) is 18.6. The lowest BCUT2D eigenvalue weighted by Crippen LogP contribution is -2.13. The fraction of sp³-hybridized carbons (Fsp3) is 0.231. The molecule has 0 aliphatic heterocycles. The van der Waals surface area contributed by atoms with Crippen molar-refractivity contribution in [3.63, 3.8) is 0 Å². The summed E-state index contributed by atoms with van der Waals surface area (Å²) in [5.74, 6) is 1.37. The normalized spacial score (nSPS) is 11.2. The van der Waals surface area contributed by atoms with Crippen LogP contribution < -0.4 is 10.1 Å². The molecule has 164 valence electrons. The molecule has 32 heavy (non-hydrogen) atoms. The highest BCUT2D eigenvalue weighted by Crippen LogP contribution is 2.34. The van der Waals surface area contributed by atoms with Crippen LogP contribution >= 0.6 is 11.6 Å². The summed E-state index contributed by atoms with van der Waals surface area (Å²) in [6, 6.07) is 21.9. The third-order valence-corrected chi connectivity index (χ3v) is 5.62. The largest absolute Gasteiger partial charge is 0.497 e. The van der Waals surface area contributed by atoms with Crippen LogP contribution in [0.2, 0.25) is 5.02 Å². The maximum atomic E-state index is 6.44. The van der Waals surface area contributed by atoms with E-state index in [4.69, 9.17) is 26.3 Å². The highest BCUT2D eigenvalue weighted by molar-refractivity contribution is 6.33. The van der Waals surface area contributed by atoms with Gasteiger partial charge in [0.15, 0.2) is 5.82 Å². The Balaban J connectivity index is 1.70. The van der Waals surface area contributed by atoms with Crippen molar-refractivity contribution in [1.29, 1.82) is 0 Å². The van der Waals surface area contributed by atoms with Gasteiger partial charge in [-0.05, 0) is 63.3 Å². The number of hydrogen-bond acceptors (Lipinski definition) is 5. The van der Waals surface area contributed by atoms with Crippen LogP contribution in [0.5, 0.6) is 5.75 Å². The molecule has 6 heteroatoms. The average molecular weight is 447 g/mol. The second kappa shape index (κ2) is 9.98. The van der Waals surface area contributed by atoms with E-state index in [2.05, 4.69) is 48.6 Å². The maximum absolute atomic E-state index is 6.44. The van der Waals surface area contributed by atoms with Crippen molar-refractivity contribution in [2.75, 3.05) is 33.1 Å². The summed E-state index contributed by atoms with van der Waals surface area (Å²) >= 11 is 6.44. The van der Waals surface area contributed by atoms with E-state index in [-0.39, 0.29) is 0 Å². The number of ether oxygens (including phenoxy) is 1. The Morgan fingerprint density at radius 3 is 2.34 bits per heavy atom. The number of hydrogen-bond donors (Lipinski definition) is 1. The van der Waals surface area contributed by atoms with Gasteiger partial charge >= 0.3 is 0 Å². The SMILES string of the molecule is COc1ccc(Cl)c(Nc2nc3ccccc3nc2-c2ccc(CCCN(C)C)cc2)c1. The summed E-state index contributed by atoms with van der Waals surface area (Å²) in [7, 11) is 5.84. The van der Waals surface area contributed by atoms with Crippen LogP contribution in [-0.2, 0) is 6.42 Å². The molecule has 0 bridgehead atoms. The fourth-order valence-electron chi connectivity index (χ4n) is 3.57. The van der Waals surface area contributed by atoms with Crippen molar-refractivity contribution in [1.82, 2.24) is 14.9 Å². The van der Waals surface area contributed by atoms with Gasteiger partial charge in [0, 0.05) is 11.6 Å². The van der Waals surface area contributed by atoms with Crippen molar-refractivity contribution in [2.24, 2.45) is 0 Å². The molecule has 0 aliphatic carbocycles. The zero-order valence-corrected chi connectivity index (χ0v) is 19.4. The highest BCUT2D eigenvalue weighted by Gasteiger charge is 2.13. The number of anilines is 2. The van der Waals surface area contributed by atoms with Gasteiger partial charge in [0.2, 0.25) is 0 Å². The summed E-state index contributed by atoms with van der Waals surface area (Å²) in [4.78, 5) is 12.0. The molecule has 0 aliphatic rings. The number of fused-ring (bicyclic) bond motifs is 1. The van der Waals surface area contributed by atoms with E-state index >= 15 is 0 Å². The molecular formula is C26H27ClN4O. The van der Waals surface area contributed by atoms with Gasteiger partial charge < -0.3 is 15.0 Å². The number of benzene rings is 3. The third-order valence-electron chi connectivity index (χ3n) is 5.30. The van der Waals surface area contributed by atoms with Crippen LogP contribution in [0.3, 0.4) is 0 Å². The topological polar surface area (TPSA) is 50.3 Å². The molecule has 0 saturated heterocycles. The van der Waals surface area contributed by atoms with Gasteiger partial charge in [-0.3, -0.25) is 0 Å². The van der Waals surface area contributed by atoms with E-state index < -0.39 is 0 Å². The number of nitrogens with zero attached hydrogens (tertiary/aromatic N) is 3. The van der Waals surface area contributed by atoms with Gasteiger partial charge in [0.1, 0.15) is 11.4 Å². The van der Waals surface area contributed by atoms with E-state index in [0.29, 0.717) is 16.6 Å². The quantitative estimate of drug-likeness (QED) is 0.349. The minimum Gasteiger partial charge on any atom is -0.497 e. The van der Waals surface area contributed by atoms with Crippen LogP contribution in [0.25, 0.3) is 22.3 Å². The molecule has 0 atom stereocenters. The van der Waals surface area contributed by atoms with E-state index in [9.17, 15) is 0 Å². The molecule has 1 aromatic heterocycles. The molecule has 5 nitrogen and oxygen atoms in total. The van der Waals surface area contributed by atoms with Crippen LogP contribution in [0.4, 0.5) is 11.5 Å². The Labute approximate surface area is 194 Å². The van der Waals surface area contributed by atoms with Gasteiger partial charge in [-0.2, -0.15) is 0 Å². The van der Waals surface area contributed by atoms with Gasteiger partial charge in [0.25, 0.3) is 0 Å². The Morgan fingerprint density at radius 1 is 0.938 bits per heavy atom. The fourth-order valence-corrected chi connectivity index (χ4v) is 3.74. The number of aryl methyl sites for hydroxylation is 1. The molecule has 0 fully saturated rings. The minimum atomic E-state index is 0.586. The number of aromatic nitrogens is 2. The number of nitrogens with one attached hydrogen (secondary N) is 1. The Kier molecular flexibility index (Phi) is 6.88. The zero-order chi connectivity index (χ0) is 22.5. The Bertz CT molecular complexity index is 1210. The Morgan fingerprint density at radius 2 is 1.66 bits per heavy atom. The standard InChI is InChI=1S/C26H27ClN4O/c1-31(2)16-6-7-18-10-12-19(13-11-18)25-26(29-23-9-5-4-8-22(23)28-25)30-24-17-20(32-3)14-15-21(24)27/h4-5,8-15,17H,6-7,16H2,1-3H3,(H,29,30). The molecule has 0 amide bonds. The van der Waals surface area contributed by atoms with Crippen LogP contribution in [-0.4, -0.2) is 42.6 Å². The number of methoxy groups -OCH3 is 1. The van der Waals surface area contributed by atoms with Crippen LogP contribution in [0, 0.1) is 0 Å². The first-order chi connectivity index (χ1) is 15.5. The maximum Gasteiger partial charge on any atom is 0.157 e. The molecular weight excluding hydrogens is 420 g/mol. The van der Waals surface area contributed by atoms with E-state index in [0.717, 1.165) is 47.4 Å². The highest BCUT2D eigenvalue weighted by atomic mass is 35.5. The molecule has 0 radical (unpaired) electrons. The Hall–Kier alpha value is -3.15. The molecule has 0 unspecified atom stereocenters. The van der Waals surface area contributed by atoms with Crippen LogP contribution in [0.15, 0.2) is 66.7 Å². The van der Waals surface area contributed by atoms with E-state index in [1.165, 1.54) is 5.56 Å². The van der Waals surface area contributed by atoms with Gasteiger partial charge in [-0.1, -0.05) is 48.0 Å². The first kappa shape index (κ1) is 22.1.